The molecule has 1 nitrogen and oxygen atoms in total. The highest BCUT2D eigenvalue weighted by Crippen LogP contribution is 2.22. The maximum absolute atomic E-state index is 2.51. The summed E-state index contributed by atoms with van der Waals surface area (Å²) in [6.45, 7) is 4.69. The topological polar surface area (TPSA) is 3.01 Å². The predicted molar refractivity (Wildman–Crippen MR) is 50.9 cm³/mol. The monoisotopic (exact) mass is 161 g/mol. The molecule has 1 heteroatoms. The zero-order valence-electron chi connectivity index (χ0n) is 7.53. The van der Waals surface area contributed by atoms with Crippen molar-refractivity contribution in [3.8, 4) is 0 Å². The van der Waals surface area contributed by atoms with Gasteiger partial charge in [0.05, 0.1) is 0 Å². The second-order valence-corrected chi connectivity index (χ2v) is 3.48. The van der Waals surface area contributed by atoms with Crippen LogP contribution in [0.15, 0.2) is 30.3 Å². The summed E-state index contributed by atoms with van der Waals surface area (Å²) in [5.74, 6) is 0. The molecule has 1 unspecified atom stereocenters. The van der Waals surface area contributed by atoms with Gasteiger partial charge >= 0.3 is 0 Å². The lowest BCUT2D eigenvalue weighted by atomic mass is 10.2. The molecule has 0 radical (unpaired) electrons. The van der Waals surface area contributed by atoms with Crippen LogP contribution >= 0.6 is 0 Å². The summed E-state index contributed by atoms with van der Waals surface area (Å²) >= 11 is 0. The minimum atomic E-state index is 0.866. The Kier molecular flexibility index (Phi) is 2.13. The lowest BCUT2D eigenvalue weighted by Gasteiger charge is -2.01. The van der Waals surface area contributed by atoms with E-state index in [1.54, 1.807) is 0 Å². The first-order valence-corrected chi connectivity index (χ1v) is 4.68. The van der Waals surface area contributed by atoms with E-state index in [2.05, 4.69) is 42.2 Å². The summed E-state index contributed by atoms with van der Waals surface area (Å²) in [6.07, 6.45) is 1.30. The standard InChI is InChI=1S/C11H15N/c1-2-11-9-12(11)8-10-6-4-3-5-7-10/h3-7,11H,2,8-9H2,1H3/t11-,12?/m0/s1. The van der Waals surface area contributed by atoms with Gasteiger partial charge in [0.1, 0.15) is 0 Å². The van der Waals surface area contributed by atoms with Gasteiger partial charge in [0.25, 0.3) is 0 Å². The van der Waals surface area contributed by atoms with Crippen LogP contribution in [-0.2, 0) is 6.54 Å². The summed E-state index contributed by atoms with van der Waals surface area (Å²) in [5, 5.41) is 0. The minimum Gasteiger partial charge on any atom is -0.293 e. The molecule has 0 saturated carbocycles. The minimum absolute atomic E-state index is 0.866. The summed E-state index contributed by atoms with van der Waals surface area (Å²) in [4.78, 5) is 2.51. The summed E-state index contributed by atoms with van der Waals surface area (Å²) in [7, 11) is 0. The van der Waals surface area contributed by atoms with Gasteiger partial charge in [0, 0.05) is 19.1 Å². The molecular formula is C11H15N. The molecule has 1 aliphatic rings. The van der Waals surface area contributed by atoms with Gasteiger partial charge in [-0.3, -0.25) is 4.90 Å². The average molecular weight is 161 g/mol. The Hall–Kier alpha value is -0.820. The Balaban J connectivity index is 1.89. The molecule has 1 saturated heterocycles. The summed E-state index contributed by atoms with van der Waals surface area (Å²) in [6, 6.07) is 11.6. The molecule has 0 spiro atoms. The number of hydrogen-bond donors (Lipinski definition) is 0. The van der Waals surface area contributed by atoms with Crippen LogP contribution in [0.4, 0.5) is 0 Å². The van der Waals surface area contributed by atoms with Gasteiger partial charge in [0.2, 0.25) is 0 Å². The highest BCUT2D eigenvalue weighted by molar-refractivity contribution is 5.15. The molecule has 64 valence electrons. The molecule has 2 atom stereocenters. The van der Waals surface area contributed by atoms with Crippen molar-refractivity contribution >= 4 is 0 Å². The molecule has 12 heavy (non-hydrogen) atoms. The van der Waals surface area contributed by atoms with Crippen LogP contribution in [0.3, 0.4) is 0 Å². The van der Waals surface area contributed by atoms with Gasteiger partial charge < -0.3 is 0 Å². The fourth-order valence-electron chi connectivity index (χ4n) is 1.62. The third-order valence-corrected chi connectivity index (χ3v) is 2.53. The molecule has 1 fully saturated rings. The third kappa shape index (κ3) is 1.67. The quantitative estimate of drug-likeness (QED) is 0.615. The first-order chi connectivity index (χ1) is 5.90. The third-order valence-electron chi connectivity index (χ3n) is 2.53. The Morgan fingerprint density at radius 2 is 2.08 bits per heavy atom. The molecule has 1 heterocycles. The van der Waals surface area contributed by atoms with Crippen LogP contribution < -0.4 is 0 Å². The van der Waals surface area contributed by atoms with E-state index >= 15 is 0 Å². The molecule has 0 amide bonds. The number of rotatable bonds is 3. The van der Waals surface area contributed by atoms with Gasteiger partial charge in [-0.05, 0) is 12.0 Å². The molecule has 0 aliphatic carbocycles. The van der Waals surface area contributed by atoms with E-state index in [0.717, 1.165) is 12.6 Å². The van der Waals surface area contributed by atoms with E-state index in [4.69, 9.17) is 0 Å². The van der Waals surface area contributed by atoms with Crippen molar-refractivity contribution in [3.63, 3.8) is 0 Å². The van der Waals surface area contributed by atoms with Gasteiger partial charge in [-0.1, -0.05) is 37.3 Å². The number of hydrogen-bond acceptors (Lipinski definition) is 1. The maximum atomic E-state index is 2.51. The second kappa shape index (κ2) is 3.28. The van der Waals surface area contributed by atoms with E-state index in [9.17, 15) is 0 Å². The maximum Gasteiger partial charge on any atom is 0.0237 e. The van der Waals surface area contributed by atoms with Crippen LogP contribution in [0.1, 0.15) is 18.9 Å². The van der Waals surface area contributed by atoms with Crippen molar-refractivity contribution in [1.29, 1.82) is 0 Å². The second-order valence-electron chi connectivity index (χ2n) is 3.48. The van der Waals surface area contributed by atoms with Crippen molar-refractivity contribution in [3.05, 3.63) is 35.9 Å². The Morgan fingerprint density at radius 3 is 2.67 bits per heavy atom. The van der Waals surface area contributed by atoms with Crippen LogP contribution in [0.2, 0.25) is 0 Å². The SMILES string of the molecule is CC[C@H]1CN1Cc1ccccc1. The Morgan fingerprint density at radius 1 is 1.33 bits per heavy atom. The van der Waals surface area contributed by atoms with Crippen molar-refractivity contribution < 1.29 is 0 Å². The molecule has 0 N–H and O–H groups in total. The van der Waals surface area contributed by atoms with Gasteiger partial charge in [-0.2, -0.15) is 0 Å². The van der Waals surface area contributed by atoms with Gasteiger partial charge in [-0.25, -0.2) is 0 Å². The Labute approximate surface area is 74.0 Å². The first-order valence-electron chi connectivity index (χ1n) is 4.68. The molecule has 1 aliphatic heterocycles. The fourth-order valence-corrected chi connectivity index (χ4v) is 1.62. The van der Waals surface area contributed by atoms with Crippen molar-refractivity contribution in [2.45, 2.75) is 25.9 Å². The summed E-state index contributed by atoms with van der Waals surface area (Å²) < 4.78 is 0. The van der Waals surface area contributed by atoms with Crippen molar-refractivity contribution in [2.24, 2.45) is 0 Å². The van der Waals surface area contributed by atoms with E-state index in [0.29, 0.717) is 0 Å². The molecule has 2 rings (SSSR count). The highest BCUT2D eigenvalue weighted by atomic mass is 15.3. The van der Waals surface area contributed by atoms with Crippen molar-refractivity contribution in [1.82, 2.24) is 4.90 Å². The highest BCUT2D eigenvalue weighted by Gasteiger charge is 2.31. The smallest absolute Gasteiger partial charge is 0.0237 e. The molecular weight excluding hydrogens is 146 g/mol. The first kappa shape index (κ1) is 7.81. The number of nitrogens with zero attached hydrogens (tertiary/aromatic N) is 1. The van der Waals surface area contributed by atoms with Gasteiger partial charge in [-0.15, -0.1) is 0 Å². The van der Waals surface area contributed by atoms with Crippen molar-refractivity contribution in [2.75, 3.05) is 6.54 Å². The van der Waals surface area contributed by atoms with Gasteiger partial charge in [0.15, 0.2) is 0 Å². The number of benzene rings is 1. The van der Waals surface area contributed by atoms with Crippen LogP contribution in [0.5, 0.6) is 0 Å². The van der Waals surface area contributed by atoms with E-state index in [1.807, 2.05) is 0 Å². The Bertz CT molecular complexity index is 242. The van der Waals surface area contributed by atoms with Crippen LogP contribution in [-0.4, -0.2) is 17.5 Å². The predicted octanol–water partition coefficient (Wildman–Crippen LogP) is 2.28. The zero-order chi connectivity index (χ0) is 8.39. The lowest BCUT2D eigenvalue weighted by molar-refractivity contribution is 0.495. The van der Waals surface area contributed by atoms with Crippen LogP contribution in [0, 0.1) is 0 Å². The zero-order valence-corrected chi connectivity index (χ0v) is 7.53. The summed E-state index contributed by atoms with van der Waals surface area (Å²) in [5.41, 5.74) is 1.44. The molecule has 1 aromatic rings. The van der Waals surface area contributed by atoms with Crippen LogP contribution in [0.25, 0.3) is 0 Å². The molecule has 1 aromatic carbocycles. The van der Waals surface area contributed by atoms with E-state index in [-0.39, 0.29) is 0 Å². The normalized spacial score (nSPS) is 27.1. The molecule has 0 aromatic heterocycles. The average Bonchev–Trinajstić information content (AvgIpc) is 2.85. The molecule has 0 bridgehead atoms. The fraction of sp³-hybridized carbons (Fsp3) is 0.455. The lowest BCUT2D eigenvalue weighted by Crippen LogP contribution is -2.00. The largest absolute Gasteiger partial charge is 0.293 e. The van der Waals surface area contributed by atoms with E-state index < -0.39 is 0 Å². The van der Waals surface area contributed by atoms with E-state index in [1.165, 1.54) is 18.5 Å².